The van der Waals surface area contributed by atoms with Crippen LogP contribution in [0.15, 0.2) is 48.5 Å². The Kier molecular flexibility index (Phi) is 3.19. The lowest BCUT2D eigenvalue weighted by Crippen LogP contribution is -2.00. The fraction of sp³-hybridized carbons (Fsp3) is 0.0714. The van der Waals surface area contributed by atoms with Gasteiger partial charge in [0.25, 0.3) is 0 Å². The Bertz CT molecular complexity index is 549. The number of hydrogen-bond donors (Lipinski definition) is 1. The van der Waals surface area contributed by atoms with E-state index in [0.717, 1.165) is 0 Å². The molecule has 0 fully saturated rings. The third-order valence-electron chi connectivity index (χ3n) is 2.61. The fourth-order valence-corrected chi connectivity index (χ4v) is 1.80. The summed E-state index contributed by atoms with van der Waals surface area (Å²) in [5, 5.41) is 9.10. The molecule has 2 aromatic carbocycles. The van der Waals surface area contributed by atoms with Crippen molar-refractivity contribution in [3.63, 3.8) is 0 Å². The van der Waals surface area contributed by atoms with Gasteiger partial charge in [0.2, 0.25) is 0 Å². The SMILES string of the molecule is O=C(O)c1ccccc1-c1ccccc1CF. The lowest BCUT2D eigenvalue weighted by Gasteiger charge is -2.09. The highest BCUT2D eigenvalue weighted by molar-refractivity contribution is 5.96. The van der Waals surface area contributed by atoms with Gasteiger partial charge in [-0.25, -0.2) is 9.18 Å². The van der Waals surface area contributed by atoms with Crippen LogP contribution in [0.4, 0.5) is 4.39 Å². The van der Waals surface area contributed by atoms with Crippen LogP contribution in [0.2, 0.25) is 0 Å². The number of carbonyl (C=O) groups is 1. The lowest BCUT2D eigenvalue weighted by atomic mass is 9.96. The van der Waals surface area contributed by atoms with Gasteiger partial charge in [-0.1, -0.05) is 42.5 Å². The lowest BCUT2D eigenvalue weighted by molar-refractivity contribution is 0.0697. The Morgan fingerprint density at radius 1 is 1.00 bits per heavy atom. The van der Waals surface area contributed by atoms with E-state index >= 15 is 0 Å². The van der Waals surface area contributed by atoms with E-state index in [1.54, 1.807) is 42.5 Å². The van der Waals surface area contributed by atoms with Gasteiger partial charge in [-0.05, 0) is 22.8 Å². The summed E-state index contributed by atoms with van der Waals surface area (Å²) in [7, 11) is 0. The van der Waals surface area contributed by atoms with Crippen molar-refractivity contribution < 1.29 is 14.3 Å². The van der Waals surface area contributed by atoms with Crippen LogP contribution < -0.4 is 0 Å². The zero-order valence-electron chi connectivity index (χ0n) is 9.06. The molecule has 0 bridgehead atoms. The van der Waals surface area contributed by atoms with E-state index in [1.165, 1.54) is 6.07 Å². The molecular formula is C14H11FO2. The summed E-state index contributed by atoms with van der Waals surface area (Å²) < 4.78 is 12.9. The summed E-state index contributed by atoms with van der Waals surface area (Å²) >= 11 is 0. The van der Waals surface area contributed by atoms with Crippen LogP contribution in [0, 0.1) is 0 Å². The van der Waals surface area contributed by atoms with E-state index in [9.17, 15) is 9.18 Å². The van der Waals surface area contributed by atoms with Gasteiger partial charge in [0.15, 0.2) is 0 Å². The molecule has 86 valence electrons. The first-order valence-corrected chi connectivity index (χ1v) is 5.20. The summed E-state index contributed by atoms with van der Waals surface area (Å²) in [4.78, 5) is 11.1. The van der Waals surface area contributed by atoms with Crippen molar-refractivity contribution in [2.45, 2.75) is 6.67 Å². The summed E-state index contributed by atoms with van der Waals surface area (Å²) in [6.45, 7) is -0.607. The highest BCUT2D eigenvalue weighted by atomic mass is 19.1. The largest absolute Gasteiger partial charge is 0.478 e. The van der Waals surface area contributed by atoms with E-state index in [4.69, 9.17) is 5.11 Å². The minimum absolute atomic E-state index is 0.188. The molecule has 0 aliphatic rings. The summed E-state index contributed by atoms with van der Waals surface area (Å²) in [5.74, 6) is -1.01. The number of rotatable bonds is 3. The molecule has 0 saturated carbocycles. The van der Waals surface area contributed by atoms with Crippen LogP contribution in [-0.4, -0.2) is 11.1 Å². The van der Waals surface area contributed by atoms with E-state index in [1.807, 2.05) is 0 Å². The standard InChI is InChI=1S/C14H11FO2/c15-9-10-5-1-2-6-11(10)12-7-3-4-8-13(12)14(16)17/h1-8H,9H2,(H,16,17). The van der Waals surface area contributed by atoms with Crippen molar-refractivity contribution >= 4 is 5.97 Å². The third-order valence-corrected chi connectivity index (χ3v) is 2.61. The molecule has 2 aromatic rings. The van der Waals surface area contributed by atoms with Crippen molar-refractivity contribution in [2.75, 3.05) is 0 Å². The monoisotopic (exact) mass is 230 g/mol. The minimum atomic E-state index is -1.01. The van der Waals surface area contributed by atoms with Crippen molar-refractivity contribution in [3.05, 3.63) is 59.7 Å². The summed E-state index contributed by atoms with van der Waals surface area (Å²) in [6, 6.07) is 13.5. The van der Waals surface area contributed by atoms with Crippen LogP contribution in [0.5, 0.6) is 0 Å². The van der Waals surface area contributed by atoms with Gasteiger partial charge in [-0.2, -0.15) is 0 Å². The van der Waals surface area contributed by atoms with E-state index in [2.05, 4.69) is 0 Å². The van der Waals surface area contributed by atoms with Crippen LogP contribution in [0.25, 0.3) is 11.1 Å². The predicted octanol–water partition coefficient (Wildman–Crippen LogP) is 3.52. The Morgan fingerprint density at radius 3 is 2.24 bits per heavy atom. The van der Waals surface area contributed by atoms with E-state index in [-0.39, 0.29) is 5.56 Å². The number of benzene rings is 2. The maximum Gasteiger partial charge on any atom is 0.336 e. The molecule has 0 heterocycles. The fourth-order valence-electron chi connectivity index (χ4n) is 1.80. The van der Waals surface area contributed by atoms with Crippen LogP contribution in [-0.2, 0) is 6.67 Å². The molecule has 3 heteroatoms. The van der Waals surface area contributed by atoms with Crippen LogP contribution in [0.3, 0.4) is 0 Å². The Hall–Kier alpha value is -2.16. The second-order valence-corrected chi connectivity index (χ2v) is 3.64. The van der Waals surface area contributed by atoms with Crippen LogP contribution in [0.1, 0.15) is 15.9 Å². The number of aromatic carboxylic acids is 1. The van der Waals surface area contributed by atoms with Gasteiger partial charge >= 0.3 is 5.97 Å². The molecule has 2 nitrogen and oxygen atoms in total. The second kappa shape index (κ2) is 4.78. The molecule has 0 amide bonds. The molecule has 2 rings (SSSR count). The van der Waals surface area contributed by atoms with Crippen molar-refractivity contribution in [2.24, 2.45) is 0 Å². The average Bonchev–Trinajstić information content (AvgIpc) is 2.38. The number of halogens is 1. The minimum Gasteiger partial charge on any atom is -0.478 e. The Morgan fingerprint density at radius 2 is 1.59 bits per heavy atom. The topological polar surface area (TPSA) is 37.3 Å². The molecule has 0 radical (unpaired) electrons. The first-order chi connectivity index (χ1) is 8.24. The van der Waals surface area contributed by atoms with Gasteiger partial charge in [-0.15, -0.1) is 0 Å². The molecule has 0 unspecified atom stereocenters. The summed E-state index contributed by atoms with van der Waals surface area (Å²) in [6.07, 6.45) is 0. The molecule has 0 aliphatic heterocycles. The third kappa shape index (κ3) is 2.18. The van der Waals surface area contributed by atoms with Gasteiger partial charge in [0, 0.05) is 0 Å². The summed E-state index contributed by atoms with van der Waals surface area (Å²) in [5.41, 5.74) is 1.87. The molecule has 0 aliphatic carbocycles. The zero-order valence-corrected chi connectivity index (χ0v) is 9.06. The highest BCUT2D eigenvalue weighted by Gasteiger charge is 2.12. The number of hydrogen-bond acceptors (Lipinski definition) is 1. The van der Waals surface area contributed by atoms with Gasteiger partial charge in [0.05, 0.1) is 5.56 Å². The highest BCUT2D eigenvalue weighted by Crippen LogP contribution is 2.27. The predicted molar refractivity (Wildman–Crippen MR) is 63.6 cm³/mol. The van der Waals surface area contributed by atoms with Gasteiger partial charge in [-0.3, -0.25) is 0 Å². The Labute approximate surface area is 98.3 Å². The first-order valence-electron chi connectivity index (χ1n) is 5.20. The average molecular weight is 230 g/mol. The zero-order chi connectivity index (χ0) is 12.3. The second-order valence-electron chi connectivity index (χ2n) is 3.64. The smallest absolute Gasteiger partial charge is 0.336 e. The Balaban J connectivity index is 2.64. The number of carboxylic acid groups (broad SMARTS) is 1. The van der Waals surface area contributed by atoms with Crippen molar-refractivity contribution in [3.8, 4) is 11.1 Å². The normalized spacial score (nSPS) is 10.2. The van der Waals surface area contributed by atoms with E-state index < -0.39 is 12.6 Å². The quantitative estimate of drug-likeness (QED) is 0.875. The molecule has 0 aromatic heterocycles. The van der Waals surface area contributed by atoms with Crippen molar-refractivity contribution in [1.82, 2.24) is 0 Å². The molecule has 0 spiro atoms. The number of alkyl halides is 1. The maximum atomic E-state index is 12.9. The molecule has 0 atom stereocenters. The molecule has 17 heavy (non-hydrogen) atoms. The molecule has 0 saturated heterocycles. The van der Waals surface area contributed by atoms with Crippen molar-refractivity contribution in [1.29, 1.82) is 0 Å². The first kappa shape index (κ1) is 11.3. The maximum absolute atomic E-state index is 12.9. The van der Waals surface area contributed by atoms with E-state index in [0.29, 0.717) is 16.7 Å². The number of carboxylic acids is 1. The molecular weight excluding hydrogens is 219 g/mol. The molecule has 1 N–H and O–H groups in total. The van der Waals surface area contributed by atoms with Gasteiger partial charge < -0.3 is 5.11 Å². The van der Waals surface area contributed by atoms with Gasteiger partial charge in [0.1, 0.15) is 6.67 Å². The van der Waals surface area contributed by atoms with Crippen LogP contribution >= 0.6 is 0 Å².